The van der Waals surface area contributed by atoms with Crippen molar-refractivity contribution >= 4 is 27.5 Å². The first kappa shape index (κ1) is 17.3. The summed E-state index contributed by atoms with van der Waals surface area (Å²) in [7, 11) is -2.89. The third-order valence-electron chi connectivity index (χ3n) is 3.76. The molecule has 1 heterocycles. The van der Waals surface area contributed by atoms with Gasteiger partial charge in [-0.1, -0.05) is 29.8 Å². The van der Waals surface area contributed by atoms with Crippen molar-refractivity contribution in [2.75, 3.05) is 23.8 Å². The van der Waals surface area contributed by atoms with Gasteiger partial charge in [0.15, 0.2) is 9.84 Å². The van der Waals surface area contributed by atoms with Crippen LogP contribution in [-0.2, 0) is 20.4 Å². The van der Waals surface area contributed by atoms with Crippen LogP contribution in [0.5, 0.6) is 0 Å². The average molecular weight is 341 g/mol. The van der Waals surface area contributed by atoms with Gasteiger partial charge in [0.05, 0.1) is 11.5 Å². The van der Waals surface area contributed by atoms with Crippen LogP contribution in [0.15, 0.2) is 24.3 Å². The zero-order valence-electron chi connectivity index (χ0n) is 12.9. The van der Waals surface area contributed by atoms with Crippen LogP contribution in [0.25, 0.3) is 0 Å². The summed E-state index contributed by atoms with van der Waals surface area (Å²) in [5, 5.41) is 2.88. The fourth-order valence-electron chi connectivity index (χ4n) is 2.50. The maximum Gasteiger partial charge on any atom is 0.220 e. The smallest absolute Gasteiger partial charge is 0.220 e. The van der Waals surface area contributed by atoms with Gasteiger partial charge >= 0.3 is 0 Å². The van der Waals surface area contributed by atoms with E-state index in [0.717, 1.165) is 11.5 Å². The summed E-state index contributed by atoms with van der Waals surface area (Å²) in [6, 6.07) is 8.46. The number of benzene rings is 1. The number of hydrogen-bond donors (Lipinski definition) is 1. The van der Waals surface area contributed by atoms with Gasteiger partial charge in [0.25, 0.3) is 0 Å². The van der Waals surface area contributed by atoms with Crippen LogP contribution in [0, 0.1) is 12.8 Å². The molecule has 1 saturated heterocycles. The Kier molecular flexibility index (Phi) is 6.32. The Bertz CT molecular complexity index is 596. The van der Waals surface area contributed by atoms with Gasteiger partial charge in [-0.3, -0.25) is 4.79 Å². The SMILES string of the molecule is Cc1ccc(CSCCNC(=O)CC2CCS(=O)(=O)C2)cc1. The first-order chi connectivity index (χ1) is 10.4. The summed E-state index contributed by atoms with van der Waals surface area (Å²) in [5.41, 5.74) is 2.55. The maximum absolute atomic E-state index is 11.8. The number of thioether (sulfide) groups is 1. The Hall–Kier alpha value is -1.01. The number of carbonyl (C=O) groups is 1. The summed E-state index contributed by atoms with van der Waals surface area (Å²) in [5.74, 6) is 2.18. The highest BCUT2D eigenvalue weighted by atomic mass is 32.2. The molecule has 0 aromatic heterocycles. The minimum atomic E-state index is -2.89. The third kappa shape index (κ3) is 6.01. The lowest BCUT2D eigenvalue weighted by atomic mass is 10.1. The molecule has 1 N–H and O–H groups in total. The highest BCUT2D eigenvalue weighted by Gasteiger charge is 2.29. The number of sulfone groups is 1. The molecule has 4 nitrogen and oxygen atoms in total. The predicted molar refractivity (Wildman–Crippen MR) is 91.7 cm³/mol. The van der Waals surface area contributed by atoms with Crippen molar-refractivity contribution in [3.63, 3.8) is 0 Å². The number of carbonyl (C=O) groups excluding carboxylic acids is 1. The van der Waals surface area contributed by atoms with E-state index in [-0.39, 0.29) is 23.3 Å². The van der Waals surface area contributed by atoms with Crippen LogP contribution < -0.4 is 5.32 Å². The average Bonchev–Trinajstić information content (AvgIpc) is 2.79. The molecule has 1 fully saturated rings. The van der Waals surface area contributed by atoms with Crippen molar-refractivity contribution in [2.24, 2.45) is 5.92 Å². The molecular weight excluding hydrogens is 318 g/mol. The molecule has 1 aliphatic heterocycles. The fourth-order valence-corrected chi connectivity index (χ4v) is 5.19. The Morgan fingerprint density at radius 3 is 2.68 bits per heavy atom. The summed E-state index contributed by atoms with van der Waals surface area (Å²) < 4.78 is 22.7. The van der Waals surface area contributed by atoms with Gasteiger partial charge in [-0.15, -0.1) is 0 Å². The maximum atomic E-state index is 11.8. The van der Waals surface area contributed by atoms with Crippen molar-refractivity contribution < 1.29 is 13.2 Å². The van der Waals surface area contributed by atoms with E-state index >= 15 is 0 Å². The summed E-state index contributed by atoms with van der Waals surface area (Å²) in [6.45, 7) is 2.71. The Morgan fingerprint density at radius 2 is 2.05 bits per heavy atom. The molecule has 1 atom stereocenters. The van der Waals surface area contributed by atoms with Crippen LogP contribution in [0.3, 0.4) is 0 Å². The minimum absolute atomic E-state index is 0.00483. The van der Waals surface area contributed by atoms with E-state index in [0.29, 0.717) is 19.4 Å². The molecule has 0 radical (unpaired) electrons. The first-order valence-corrected chi connectivity index (χ1v) is 10.5. The van der Waals surface area contributed by atoms with Crippen molar-refractivity contribution in [1.82, 2.24) is 5.32 Å². The van der Waals surface area contributed by atoms with Gasteiger partial charge in [0.1, 0.15) is 0 Å². The van der Waals surface area contributed by atoms with Crippen LogP contribution in [0.2, 0.25) is 0 Å². The Morgan fingerprint density at radius 1 is 1.32 bits per heavy atom. The van der Waals surface area contributed by atoms with Crippen molar-refractivity contribution in [1.29, 1.82) is 0 Å². The lowest BCUT2D eigenvalue weighted by molar-refractivity contribution is -0.121. The second-order valence-electron chi connectivity index (χ2n) is 5.86. The molecule has 0 saturated carbocycles. The van der Waals surface area contributed by atoms with Crippen molar-refractivity contribution in [3.05, 3.63) is 35.4 Å². The highest BCUT2D eigenvalue weighted by molar-refractivity contribution is 7.98. The lowest BCUT2D eigenvalue weighted by Crippen LogP contribution is -2.28. The van der Waals surface area contributed by atoms with Gasteiger partial charge in [0, 0.05) is 24.5 Å². The predicted octanol–water partition coefficient (Wildman–Crippen LogP) is 2.17. The molecule has 1 aliphatic rings. The zero-order valence-corrected chi connectivity index (χ0v) is 14.5. The third-order valence-corrected chi connectivity index (χ3v) is 6.63. The van der Waals surface area contributed by atoms with E-state index in [4.69, 9.17) is 0 Å². The first-order valence-electron chi connectivity index (χ1n) is 7.55. The van der Waals surface area contributed by atoms with E-state index < -0.39 is 9.84 Å². The molecule has 0 aliphatic carbocycles. The largest absolute Gasteiger partial charge is 0.355 e. The molecule has 0 bridgehead atoms. The normalized spacial score (nSPS) is 20.0. The molecular formula is C16H23NO3S2. The van der Waals surface area contributed by atoms with Gasteiger partial charge in [-0.2, -0.15) is 11.8 Å². The molecule has 22 heavy (non-hydrogen) atoms. The molecule has 0 spiro atoms. The Balaban J connectivity index is 1.56. The van der Waals surface area contributed by atoms with Crippen molar-refractivity contribution in [3.8, 4) is 0 Å². The van der Waals surface area contributed by atoms with Gasteiger partial charge in [-0.25, -0.2) is 8.42 Å². The molecule has 1 unspecified atom stereocenters. The fraction of sp³-hybridized carbons (Fsp3) is 0.562. The molecule has 1 aromatic carbocycles. The van der Waals surface area contributed by atoms with Gasteiger partial charge < -0.3 is 5.32 Å². The molecule has 2 rings (SSSR count). The zero-order chi connectivity index (χ0) is 16.0. The minimum Gasteiger partial charge on any atom is -0.355 e. The number of hydrogen-bond acceptors (Lipinski definition) is 4. The van der Waals surface area contributed by atoms with E-state index in [1.165, 1.54) is 11.1 Å². The molecule has 122 valence electrons. The number of nitrogens with one attached hydrogen (secondary N) is 1. The van der Waals surface area contributed by atoms with Gasteiger partial charge in [-0.05, 0) is 24.8 Å². The van der Waals surface area contributed by atoms with Crippen LogP contribution in [0.4, 0.5) is 0 Å². The van der Waals surface area contributed by atoms with Gasteiger partial charge in [0.2, 0.25) is 5.91 Å². The quantitative estimate of drug-likeness (QED) is 0.772. The van der Waals surface area contributed by atoms with Crippen molar-refractivity contribution in [2.45, 2.75) is 25.5 Å². The topological polar surface area (TPSA) is 63.2 Å². The van der Waals surface area contributed by atoms with E-state index in [9.17, 15) is 13.2 Å². The second-order valence-corrected chi connectivity index (χ2v) is 9.20. The summed E-state index contributed by atoms with van der Waals surface area (Å²) >= 11 is 1.79. The highest BCUT2D eigenvalue weighted by Crippen LogP contribution is 2.21. The number of rotatable bonds is 7. The number of aryl methyl sites for hydroxylation is 1. The van der Waals surface area contributed by atoms with Crippen LogP contribution in [-0.4, -0.2) is 38.1 Å². The van der Waals surface area contributed by atoms with Crippen LogP contribution >= 0.6 is 11.8 Å². The number of amides is 1. The molecule has 6 heteroatoms. The van der Waals surface area contributed by atoms with E-state index in [1.54, 1.807) is 11.8 Å². The van der Waals surface area contributed by atoms with E-state index in [1.807, 2.05) is 0 Å². The van der Waals surface area contributed by atoms with Crippen LogP contribution in [0.1, 0.15) is 24.0 Å². The second kappa shape index (κ2) is 8.02. The summed E-state index contributed by atoms with van der Waals surface area (Å²) in [6.07, 6.45) is 0.958. The Labute approximate surface area is 137 Å². The van der Waals surface area contributed by atoms with E-state index in [2.05, 4.69) is 36.5 Å². The lowest BCUT2D eigenvalue weighted by Gasteiger charge is -2.08. The monoisotopic (exact) mass is 341 g/mol. The molecule has 1 aromatic rings. The molecule has 1 amide bonds. The summed E-state index contributed by atoms with van der Waals surface area (Å²) in [4.78, 5) is 11.8. The standard InChI is InChI=1S/C16H23NO3S2/c1-13-2-4-14(5-3-13)11-21-8-7-17-16(18)10-15-6-9-22(19,20)12-15/h2-5,15H,6-12H2,1H3,(H,17,18).